The van der Waals surface area contributed by atoms with Crippen LogP contribution in [0.3, 0.4) is 0 Å². The summed E-state index contributed by atoms with van der Waals surface area (Å²) in [6.07, 6.45) is 1.64. The van der Waals surface area contributed by atoms with Gasteiger partial charge < -0.3 is 16.4 Å². The molecule has 0 unspecified atom stereocenters. The largest absolute Gasteiger partial charge is 0.382 e. The van der Waals surface area contributed by atoms with Crippen molar-refractivity contribution in [3.8, 4) is 0 Å². The number of halogens is 3. The minimum Gasteiger partial charge on any atom is -0.382 e. The van der Waals surface area contributed by atoms with Crippen molar-refractivity contribution in [1.29, 1.82) is 5.41 Å². The smallest absolute Gasteiger partial charge is 0.172 e. The molecule has 1 saturated heterocycles. The Morgan fingerprint density at radius 3 is 2.36 bits per heavy atom. The normalized spacial score (nSPS) is 15.6. The lowest BCUT2D eigenvalue weighted by atomic mass is 9.91. The fourth-order valence-corrected chi connectivity index (χ4v) is 3.50. The molecule has 2 aromatic rings. The van der Waals surface area contributed by atoms with Gasteiger partial charge in [0.25, 0.3) is 0 Å². The summed E-state index contributed by atoms with van der Waals surface area (Å²) in [5.41, 5.74) is 12.7. The Balaban J connectivity index is 0.00000136. The van der Waals surface area contributed by atoms with E-state index in [0.29, 0.717) is 16.4 Å². The first-order valence-electron chi connectivity index (χ1n) is 9.10. The minimum absolute atomic E-state index is 0.0177. The summed E-state index contributed by atoms with van der Waals surface area (Å²) >= 11 is 18.6. The van der Waals surface area contributed by atoms with E-state index in [9.17, 15) is 0 Å². The molecule has 152 valence electrons. The van der Waals surface area contributed by atoms with Crippen molar-refractivity contribution in [3.05, 3.63) is 44.7 Å². The first kappa shape index (κ1) is 22.7. The Hall–Kier alpha value is -1.60. The number of rotatable bonds is 3. The quantitative estimate of drug-likeness (QED) is 0.592. The number of benzene rings is 1. The lowest BCUT2D eigenvalue weighted by molar-refractivity contribution is 0.363. The van der Waals surface area contributed by atoms with Gasteiger partial charge >= 0.3 is 0 Å². The highest BCUT2D eigenvalue weighted by molar-refractivity contribution is 6.44. The number of aromatic nitrogens is 2. The molecule has 5 N–H and O–H groups in total. The van der Waals surface area contributed by atoms with Gasteiger partial charge in [0.05, 0.1) is 15.8 Å². The molecule has 28 heavy (non-hydrogen) atoms. The van der Waals surface area contributed by atoms with Crippen LogP contribution in [0.5, 0.6) is 0 Å². The predicted octanol–water partition coefficient (Wildman–Crippen LogP) is 4.78. The van der Waals surface area contributed by atoms with Gasteiger partial charge in [0, 0.05) is 24.2 Å². The average molecular weight is 444 g/mol. The highest BCUT2D eigenvalue weighted by Gasteiger charge is 2.29. The number of nitrogens with zero attached hydrogens (tertiary/aromatic N) is 3. The number of nitrogens with two attached hydrogens (primary N) is 2. The summed E-state index contributed by atoms with van der Waals surface area (Å²) < 4.78 is 0. The van der Waals surface area contributed by atoms with Crippen LogP contribution in [-0.2, 0) is 0 Å². The van der Waals surface area contributed by atoms with E-state index in [1.165, 1.54) is 0 Å². The van der Waals surface area contributed by atoms with Crippen molar-refractivity contribution >= 4 is 52.2 Å². The predicted molar refractivity (Wildman–Crippen MR) is 119 cm³/mol. The topological polar surface area (TPSA) is 105 Å². The van der Waals surface area contributed by atoms with E-state index in [-0.39, 0.29) is 32.9 Å². The van der Waals surface area contributed by atoms with Crippen LogP contribution >= 0.6 is 34.8 Å². The van der Waals surface area contributed by atoms with E-state index in [1.54, 1.807) is 18.2 Å². The third-order valence-corrected chi connectivity index (χ3v) is 5.60. The minimum atomic E-state index is -0.187. The van der Waals surface area contributed by atoms with Crippen molar-refractivity contribution in [2.24, 2.45) is 5.73 Å². The molecule has 0 aliphatic carbocycles. The first-order chi connectivity index (χ1) is 13.2. The molecule has 0 saturated carbocycles. The Bertz CT molecular complexity index is 859. The molecule has 0 amide bonds. The molecule has 6 nitrogen and oxygen atoms in total. The maximum Gasteiger partial charge on any atom is 0.172 e. The number of piperidine rings is 1. The van der Waals surface area contributed by atoms with Gasteiger partial charge in [-0.05, 0) is 25.8 Å². The van der Waals surface area contributed by atoms with Gasteiger partial charge in [0.2, 0.25) is 0 Å². The molecular formula is C19H25Cl3N6. The van der Waals surface area contributed by atoms with E-state index in [4.69, 9.17) is 51.7 Å². The Labute approximate surface area is 180 Å². The van der Waals surface area contributed by atoms with Gasteiger partial charge in [-0.25, -0.2) is 9.97 Å². The lowest BCUT2D eigenvalue weighted by Gasteiger charge is -2.37. The zero-order valence-electron chi connectivity index (χ0n) is 16.2. The Kier molecular flexibility index (Phi) is 7.51. The van der Waals surface area contributed by atoms with Crippen molar-refractivity contribution in [2.45, 2.75) is 39.2 Å². The van der Waals surface area contributed by atoms with Gasteiger partial charge in [-0.1, -0.05) is 60.8 Å². The van der Waals surface area contributed by atoms with E-state index >= 15 is 0 Å². The lowest BCUT2D eigenvalue weighted by Crippen LogP contribution is -2.48. The van der Waals surface area contributed by atoms with Crippen LogP contribution < -0.4 is 16.4 Å². The number of hydrogen-bond donors (Lipinski definition) is 3. The van der Waals surface area contributed by atoms with Crippen LogP contribution in [0.1, 0.15) is 44.9 Å². The number of nitrogen functional groups attached to an aromatic ring is 1. The average Bonchev–Trinajstić information content (AvgIpc) is 2.67. The van der Waals surface area contributed by atoms with Crippen molar-refractivity contribution in [3.63, 3.8) is 0 Å². The SMILES string of the molecule is CC.CC1(N)CCN(c2nc(N)c(C(=N)c3cccc(Cl)c3Cl)nc2Cl)CC1. The molecule has 3 rings (SSSR count). The van der Waals surface area contributed by atoms with Gasteiger partial charge in [-0.3, -0.25) is 5.41 Å². The molecule has 1 fully saturated rings. The van der Waals surface area contributed by atoms with Crippen LogP contribution in [0.2, 0.25) is 15.2 Å². The second-order valence-electron chi connectivity index (χ2n) is 6.69. The summed E-state index contributed by atoms with van der Waals surface area (Å²) in [6.45, 7) is 7.47. The summed E-state index contributed by atoms with van der Waals surface area (Å²) in [4.78, 5) is 10.7. The monoisotopic (exact) mass is 442 g/mol. The number of hydrogen-bond acceptors (Lipinski definition) is 6. The maximum absolute atomic E-state index is 8.40. The summed E-state index contributed by atoms with van der Waals surface area (Å²) in [6, 6.07) is 5.02. The molecule has 0 spiro atoms. The number of anilines is 2. The Morgan fingerprint density at radius 2 is 1.75 bits per heavy atom. The third kappa shape index (κ3) is 4.87. The first-order valence-corrected chi connectivity index (χ1v) is 10.2. The van der Waals surface area contributed by atoms with E-state index < -0.39 is 0 Å². The molecule has 0 radical (unpaired) electrons. The zero-order valence-corrected chi connectivity index (χ0v) is 18.5. The molecule has 1 aliphatic rings. The third-order valence-electron chi connectivity index (χ3n) is 4.53. The molecule has 1 aromatic carbocycles. The second-order valence-corrected chi connectivity index (χ2v) is 7.83. The van der Waals surface area contributed by atoms with Crippen LogP contribution in [-0.4, -0.2) is 34.3 Å². The van der Waals surface area contributed by atoms with E-state index in [1.807, 2.05) is 25.7 Å². The highest BCUT2D eigenvalue weighted by atomic mass is 35.5. The van der Waals surface area contributed by atoms with Gasteiger partial charge in [0.1, 0.15) is 5.69 Å². The fraction of sp³-hybridized carbons (Fsp3) is 0.421. The van der Waals surface area contributed by atoms with Gasteiger partial charge in [-0.15, -0.1) is 0 Å². The van der Waals surface area contributed by atoms with Crippen molar-refractivity contribution < 1.29 is 0 Å². The zero-order chi connectivity index (χ0) is 21.1. The summed E-state index contributed by atoms with van der Waals surface area (Å²) in [7, 11) is 0. The maximum atomic E-state index is 8.40. The molecule has 0 bridgehead atoms. The molecule has 1 aliphatic heterocycles. The van der Waals surface area contributed by atoms with Crippen molar-refractivity contribution in [1.82, 2.24) is 9.97 Å². The van der Waals surface area contributed by atoms with E-state index in [2.05, 4.69) is 9.97 Å². The highest BCUT2D eigenvalue weighted by Crippen LogP contribution is 2.32. The molecule has 9 heteroatoms. The standard InChI is InChI=1S/C17H19Cl3N6.C2H6/c1-17(23)5-7-26(8-6-17)16-14(20)24-13(15(22)25-16)12(21)9-3-2-4-10(18)11(9)19;1-2/h2-4,21H,5-8,23H2,1H3,(H2,22,25);1-2H3. The van der Waals surface area contributed by atoms with Gasteiger partial charge in [-0.2, -0.15) is 0 Å². The molecular weight excluding hydrogens is 419 g/mol. The van der Waals surface area contributed by atoms with Gasteiger partial charge in [0.15, 0.2) is 16.8 Å². The van der Waals surface area contributed by atoms with Crippen molar-refractivity contribution in [2.75, 3.05) is 23.7 Å². The fourth-order valence-electron chi connectivity index (χ4n) is 2.86. The summed E-state index contributed by atoms with van der Waals surface area (Å²) in [5, 5.41) is 9.20. The van der Waals surface area contributed by atoms with Crippen LogP contribution in [0.15, 0.2) is 18.2 Å². The Morgan fingerprint density at radius 1 is 1.14 bits per heavy atom. The van der Waals surface area contributed by atoms with Crippen LogP contribution in [0, 0.1) is 5.41 Å². The number of nitrogens with one attached hydrogen (secondary N) is 1. The van der Waals surface area contributed by atoms with Crippen LogP contribution in [0.4, 0.5) is 11.6 Å². The van der Waals surface area contributed by atoms with Crippen LogP contribution in [0.25, 0.3) is 0 Å². The molecule has 1 aromatic heterocycles. The second kappa shape index (κ2) is 9.27. The van der Waals surface area contributed by atoms with E-state index in [0.717, 1.165) is 25.9 Å². The molecule has 2 heterocycles. The summed E-state index contributed by atoms with van der Waals surface area (Å²) in [5.74, 6) is 0.625. The molecule has 0 atom stereocenters.